The second-order valence-corrected chi connectivity index (χ2v) is 3.91. The normalized spacial score (nSPS) is 8.40. The number of aryl methyl sites for hydroxylation is 1. The van der Waals surface area contributed by atoms with E-state index >= 15 is 0 Å². The molecule has 0 spiro atoms. The summed E-state index contributed by atoms with van der Waals surface area (Å²) in [7, 11) is 1.53. The van der Waals surface area contributed by atoms with Crippen molar-refractivity contribution in [3.8, 4) is 0 Å². The van der Waals surface area contributed by atoms with Gasteiger partial charge >= 0.3 is 6.03 Å². The van der Waals surface area contributed by atoms with Crippen molar-refractivity contribution in [3.05, 3.63) is 28.3 Å². The van der Waals surface area contributed by atoms with Gasteiger partial charge in [0.05, 0.1) is 10.7 Å². The smallest absolute Gasteiger partial charge is 0.318 e. The summed E-state index contributed by atoms with van der Waals surface area (Å²) in [6.45, 7) is 11.5. The fourth-order valence-corrected chi connectivity index (χ4v) is 1.82. The van der Waals surface area contributed by atoms with E-state index in [0.717, 1.165) is 5.56 Å². The second kappa shape index (κ2) is 11.3. The maximum Gasteiger partial charge on any atom is 0.318 e. The molecule has 0 aliphatic carbocycles. The van der Waals surface area contributed by atoms with E-state index in [1.807, 2.05) is 34.6 Å². The number of hydrogen-bond donors (Lipinski definition) is 3. The average molecular weight is 300 g/mol. The van der Waals surface area contributed by atoms with E-state index in [2.05, 4.69) is 10.6 Å². The van der Waals surface area contributed by atoms with Crippen LogP contribution in [-0.2, 0) is 0 Å². The average Bonchev–Trinajstić information content (AvgIpc) is 2.41. The Morgan fingerprint density at radius 1 is 1.20 bits per heavy atom. The highest BCUT2D eigenvalue weighted by atomic mass is 35.5. The molecule has 0 unspecified atom stereocenters. The van der Waals surface area contributed by atoms with Crippen molar-refractivity contribution in [1.29, 1.82) is 5.41 Å². The van der Waals surface area contributed by atoms with Gasteiger partial charge in [0.15, 0.2) is 0 Å². The number of benzene rings is 1. The monoisotopic (exact) mass is 299 g/mol. The number of urea groups is 1. The molecule has 20 heavy (non-hydrogen) atoms. The lowest BCUT2D eigenvalue weighted by Gasteiger charge is -2.12. The summed E-state index contributed by atoms with van der Waals surface area (Å²) in [5.41, 5.74) is 2.35. The van der Waals surface area contributed by atoms with Crippen LogP contribution in [0.2, 0.25) is 5.02 Å². The lowest BCUT2D eigenvalue weighted by Crippen LogP contribution is -2.25. The first-order valence-electron chi connectivity index (χ1n) is 6.80. The predicted octanol–water partition coefficient (Wildman–Crippen LogP) is 4.84. The lowest BCUT2D eigenvalue weighted by atomic mass is 10.1. The molecule has 0 saturated heterocycles. The number of anilines is 1. The Morgan fingerprint density at radius 2 is 1.70 bits per heavy atom. The molecular formula is C15H26ClN3O. The predicted molar refractivity (Wildman–Crippen MR) is 89.5 cm³/mol. The third-order valence-corrected chi connectivity index (χ3v) is 2.38. The molecule has 1 rings (SSSR count). The van der Waals surface area contributed by atoms with Gasteiger partial charge in [-0.3, -0.25) is 0 Å². The summed E-state index contributed by atoms with van der Waals surface area (Å²) in [5, 5.41) is 13.2. The summed E-state index contributed by atoms with van der Waals surface area (Å²) in [5.74, 6) is 0. The molecule has 0 heterocycles. The Kier molecular flexibility index (Phi) is 11.7. The summed E-state index contributed by atoms with van der Waals surface area (Å²) in [6, 6.07) is 3.22. The number of carbonyl (C=O) groups is 1. The van der Waals surface area contributed by atoms with Crippen molar-refractivity contribution >= 4 is 29.0 Å². The molecular weight excluding hydrogens is 274 g/mol. The first kappa shape index (κ1) is 20.8. The minimum absolute atomic E-state index is 0.316. The summed E-state index contributed by atoms with van der Waals surface area (Å²) >= 11 is 6.04. The minimum atomic E-state index is -0.329. The van der Waals surface area contributed by atoms with Gasteiger partial charge in [0, 0.05) is 18.3 Å². The molecule has 0 aliphatic rings. The molecule has 0 fully saturated rings. The van der Waals surface area contributed by atoms with Crippen molar-refractivity contribution in [3.63, 3.8) is 0 Å². The molecule has 0 bridgehead atoms. The minimum Gasteiger partial charge on any atom is -0.341 e. The number of halogens is 1. The van der Waals surface area contributed by atoms with E-state index < -0.39 is 0 Å². The van der Waals surface area contributed by atoms with Gasteiger partial charge in [-0.25, -0.2) is 4.79 Å². The summed E-state index contributed by atoms with van der Waals surface area (Å²) < 4.78 is 0. The number of carbonyl (C=O) groups excluding carboxylic acids is 1. The molecule has 4 nitrogen and oxygen atoms in total. The zero-order chi connectivity index (χ0) is 16.3. The number of hydrogen-bond acceptors (Lipinski definition) is 2. The van der Waals surface area contributed by atoms with Gasteiger partial charge in [0.2, 0.25) is 0 Å². The first-order chi connectivity index (χ1) is 9.45. The Bertz CT molecular complexity index is 445. The van der Waals surface area contributed by atoms with Gasteiger partial charge in [-0.05, 0) is 31.5 Å². The maximum atomic E-state index is 11.2. The van der Waals surface area contributed by atoms with Crippen LogP contribution in [-0.4, -0.2) is 18.8 Å². The van der Waals surface area contributed by atoms with Crippen molar-refractivity contribution < 1.29 is 4.79 Å². The van der Waals surface area contributed by atoms with E-state index in [-0.39, 0.29) is 6.03 Å². The van der Waals surface area contributed by atoms with Crippen LogP contribution in [0, 0.1) is 12.3 Å². The van der Waals surface area contributed by atoms with Crippen molar-refractivity contribution in [1.82, 2.24) is 5.32 Å². The van der Waals surface area contributed by atoms with E-state index in [9.17, 15) is 4.79 Å². The molecule has 3 N–H and O–H groups in total. The molecule has 0 aromatic heterocycles. The fourth-order valence-electron chi connectivity index (χ4n) is 1.41. The van der Waals surface area contributed by atoms with Gasteiger partial charge in [-0.2, -0.15) is 0 Å². The Balaban J connectivity index is 0. The van der Waals surface area contributed by atoms with Gasteiger partial charge < -0.3 is 16.0 Å². The SMILES string of the molecule is CC.CC.CNC(=O)Nc1cc(C)cc(Cl)c1C(C)=N. The van der Waals surface area contributed by atoms with Crippen LogP contribution in [0.3, 0.4) is 0 Å². The zero-order valence-corrected chi connectivity index (χ0v) is 14.2. The van der Waals surface area contributed by atoms with Crippen LogP contribution in [0.1, 0.15) is 45.7 Å². The number of nitrogens with one attached hydrogen (secondary N) is 3. The third kappa shape index (κ3) is 6.57. The van der Waals surface area contributed by atoms with Crippen LogP contribution in [0.5, 0.6) is 0 Å². The first-order valence-corrected chi connectivity index (χ1v) is 7.18. The highest BCUT2D eigenvalue weighted by molar-refractivity contribution is 6.35. The summed E-state index contributed by atoms with van der Waals surface area (Å²) in [6.07, 6.45) is 0. The molecule has 0 atom stereocenters. The highest BCUT2D eigenvalue weighted by Crippen LogP contribution is 2.26. The Labute approximate surface area is 127 Å². The second-order valence-electron chi connectivity index (χ2n) is 3.50. The van der Waals surface area contributed by atoms with Crippen molar-refractivity contribution in [2.45, 2.75) is 41.5 Å². The van der Waals surface area contributed by atoms with Gasteiger partial charge in [0.25, 0.3) is 0 Å². The Morgan fingerprint density at radius 3 is 2.10 bits per heavy atom. The standard InChI is InChI=1S/C11H14ClN3O.2C2H6/c1-6-4-8(12)10(7(2)13)9(5-6)15-11(16)14-3;2*1-2/h4-5,13H,1-3H3,(H2,14,15,16);2*1-2H3. The van der Waals surface area contributed by atoms with Crippen LogP contribution >= 0.6 is 11.6 Å². The molecule has 1 aromatic rings. The largest absolute Gasteiger partial charge is 0.341 e. The fraction of sp³-hybridized carbons (Fsp3) is 0.467. The lowest BCUT2D eigenvalue weighted by molar-refractivity contribution is 0.254. The molecule has 1 aromatic carbocycles. The van der Waals surface area contributed by atoms with E-state index in [1.165, 1.54) is 7.05 Å². The number of amides is 2. The maximum absolute atomic E-state index is 11.2. The van der Waals surface area contributed by atoms with Crippen molar-refractivity contribution in [2.75, 3.05) is 12.4 Å². The summed E-state index contributed by atoms with van der Waals surface area (Å²) in [4.78, 5) is 11.2. The van der Waals surface area contributed by atoms with Crippen LogP contribution in [0.4, 0.5) is 10.5 Å². The van der Waals surface area contributed by atoms with Gasteiger partial charge in [-0.15, -0.1) is 0 Å². The quantitative estimate of drug-likeness (QED) is 0.672. The van der Waals surface area contributed by atoms with E-state index in [1.54, 1.807) is 19.1 Å². The van der Waals surface area contributed by atoms with E-state index in [0.29, 0.717) is 22.0 Å². The van der Waals surface area contributed by atoms with Crippen LogP contribution < -0.4 is 10.6 Å². The molecule has 5 heteroatoms. The van der Waals surface area contributed by atoms with E-state index in [4.69, 9.17) is 17.0 Å². The highest BCUT2D eigenvalue weighted by Gasteiger charge is 2.12. The molecule has 2 amide bonds. The molecule has 0 aliphatic heterocycles. The van der Waals surface area contributed by atoms with Crippen LogP contribution in [0.15, 0.2) is 12.1 Å². The third-order valence-electron chi connectivity index (χ3n) is 2.08. The van der Waals surface area contributed by atoms with Crippen LogP contribution in [0.25, 0.3) is 0 Å². The molecule has 0 radical (unpaired) electrons. The van der Waals surface area contributed by atoms with Gasteiger partial charge in [0.1, 0.15) is 0 Å². The zero-order valence-electron chi connectivity index (χ0n) is 13.4. The Hall–Kier alpha value is -1.55. The van der Waals surface area contributed by atoms with Gasteiger partial charge in [-0.1, -0.05) is 39.3 Å². The van der Waals surface area contributed by atoms with Crippen molar-refractivity contribution in [2.24, 2.45) is 0 Å². The number of rotatable bonds is 2. The molecule has 114 valence electrons. The topological polar surface area (TPSA) is 65.0 Å². The molecule has 0 saturated carbocycles.